The highest BCUT2D eigenvalue weighted by atomic mass is 15.3. The van der Waals surface area contributed by atoms with Gasteiger partial charge in [0, 0.05) is 19.5 Å². The highest BCUT2D eigenvalue weighted by molar-refractivity contribution is 5.26. The molecule has 0 bridgehead atoms. The van der Waals surface area contributed by atoms with Crippen LogP contribution in [0.3, 0.4) is 0 Å². The molecule has 0 aliphatic carbocycles. The molecule has 0 radical (unpaired) electrons. The molecule has 1 aromatic carbocycles. The lowest BCUT2D eigenvalue weighted by Gasteiger charge is -2.16. The predicted octanol–water partition coefficient (Wildman–Crippen LogP) is 2.10. The van der Waals surface area contributed by atoms with Crippen molar-refractivity contribution in [3.63, 3.8) is 0 Å². The molecule has 0 fully saturated rings. The molecular formula is C15H20N4. The van der Waals surface area contributed by atoms with Crippen molar-refractivity contribution in [2.24, 2.45) is 5.73 Å². The van der Waals surface area contributed by atoms with Crippen molar-refractivity contribution in [3.05, 3.63) is 47.5 Å². The molecule has 3 rings (SSSR count). The van der Waals surface area contributed by atoms with Gasteiger partial charge in [0.2, 0.25) is 0 Å². The number of hydrogen-bond donors (Lipinski definition) is 1. The maximum atomic E-state index is 5.99. The summed E-state index contributed by atoms with van der Waals surface area (Å²) in [4.78, 5) is 0. The topological polar surface area (TPSA) is 56.7 Å². The molecule has 1 unspecified atom stereocenters. The minimum Gasteiger partial charge on any atom is -0.329 e. The van der Waals surface area contributed by atoms with Crippen LogP contribution >= 0.6 is 0 Å². The van der Waals surface area contributed by atoms with Crippen LogP contribution in [0.5, 0.6) is 0 Å². The molecule has 2 N–H and O–H groups in total. The molecular weight excluding hydrogens is 236 g/mol. The monoisotopic (exact) mass is 256 g/mol. The summed E-state index contributed by atoms with van der Waals surface area (Å²) in [6.45, 7) is 1.60. The summed E-state index contributed by atoms with van der Waals surface area (Å²) in [5, 5.41) is 8.79. The first-order chi connectivity index (χ1) is 9.40. The number of aromatic nitrogens is 3. The zero-order valence-electron chi connectivity index (χ0n) is 11.1. The lowest BCUT2D eigenvalue weighted by atomic mass is 9.98. The Morgan fingerprint density at radius 2 is 1.95 bits per heavy atom. The van der Waals surface area contributed by atoms with E-state index < -0.39 is 0 Å². The summed E-state index contributed by atoms with van der Waals surface area (Å²) >= 11 is 0. The van der Waals surface area contributed by atoms with Gasteiger partial charge in [0.05, 0.1) is 5.92 Å². The molecule has 1 aliphatic rings. The van der Waals surface area contributed by atoms with E-state index in [2.05, 4.69) is 39.0 Å². The van der Waals surface area contributed by atoms with E-state index in [4.69, 9.17) is 5.73 Å². The lowest BCUT2D eigenvalue weighted by Crippen LogP contribution is -2.19. The lowest BCUT2D eigenvalue weighted by molar-refractivity contribution is 0.585. The number of aryl methyl sites for hydroxylation is 1. The fourth-order valence-electron chi connectivity index (χ4n) is 2.84. The molecule has 0 saturated heterocycles. The van der Waals surface area contributed by atoms with Gasteiger partial charge in [-0.05, 0) is 18.4 Å². The molecule has 4 heteroatoms. The van der Waals surface area contributed by atoms with Crippen molar-refractivity contribution in [2.45, 2.75) is 38.1 Å². The SMILES string of the molecule is NCC(c1ccccc1)c1nnc2n1CCCCC2. The van der Waals surface area contributed by atoms with E-state index in [9.17, 15) is 0 Å². The predicted molar refractivity (Wildman–Crippen MR) is 74.9 cm³/mol. The van der Waals surface area contributed by atoms with Crippen LogP contribution in [0.25, 0.3) is 0 Å². The molecule has 2 heterocycles. The zero-order valence-corrected chi connectivity index (χ0v) is 11.1. The molecule has 1 atom stereocenters. The number of nitrogens with two attached hydrogens (primary N) is 1. The number of fused-ring (bicyclic) bond motifs is 1. The first-order valence-electron chi connectivity index (χ1n) is 7.07. The third-order valence-corrected chi connectivity index (χ3v) is 3.89. The highest BCUT2D eigenvalue weighted by Gasteiger charge is 2.22. The van der Waals surface area contributed by atoms with Crippen LogP contribution in [-0.4, -0.2) is 21.3 Å². The average Bonchev–Trinajstić information content (AvgIpc) is 2.71. The molecule has 0 amide bonds. The summed E-state index contributed by atoms with van der Waals surface area (Å²) in [6, 6.07) is 10.4. The van der Waals surface area contributed by atoms with E-state index in [1.807, 2.05) is 6.07 Å². The Morgan fingerprint density at radius 3 is 2.74 bits per heavy atom. The summed E-state index contributed by atoms with van der Waals surface area (Å²) in [5.74, 6) is 2.31. The summed E-state index contributed by atoms with van der Waals surface area (Å²) in [7, 11) is 0. The van der Waals surface area contributed by atoms with Crippen molar-refractivity contribution >= 4 is 0 Å². The maximum absolute atomic E-state index is 5.99. The smallest absolute Gasteiger partial charge is 0.141 e. The summed E-state index contributed by atoms with van der Waals surface area (Å²) < 4.78 is 2.29. The maximum Gasteiger partial charge on any atom is 0.141 e. The first kappa shape index (κ1) is 12.4. The Labute approximate surface area is 113 Å². The van der Waals surface area contributed by atoms with Gasteiger partial charge in [0.15, 0.2) is 0 Å². The van der Waals surface area contributed by atoms with Gasteiger partial charge < -0.3 is 10.3 Å². The van der Waals surface area contributed by atoms with Crippen LogP contribution in [0, 0.1) is 0 Å². The third kappa shape index (κ3) is 2.40. The van der Waals surface area contributed by atoms with Gasteiger partial charge in [-0.2, -0.15) is 0 Å². The van der Waals surface area contributed by atoms with E-state index in [1.165, 1.54) is 24.8 Å². The average molecular weight is 256 g/mol. The van der Waals surface area contributed by atoms with Crippen LogP contribution in [0.2, 0.25) is 0 Å². The molecule has 19 heavy (non-hydrogen) atoms. The Balaban J connectivity index is 1.98. The van der Waals surface area contributed by atoms with Crippen LogP contribution in [0.4, 0.5) is 0 Å². The van der Waals surface area contributed by atoms with E-state index in [0.717, 1.165) is 24.6 Å². The van der Waals surface area contributed by atoms with Gasteiger partial charge in [0.25, 0.3) is 0 Å². The van der Waals surface area contributed by atoms with Crippen molar-refractivity contribution in [2.75, 3.05) is 6.54 Å². The van der Waals surface area contributed by atoms with Crippen LogP contribution in [0.15, 0.2) is 30.3 Å². The standard InChI is InChI=1S/C15H20N4/c16-11-13(12-7-3-1-4-8-12)15-18-17-14-9-5-2-6-10-19(14)15/h1,3-4,7-8,13H,2,5-6,9-11,16H2. The molecule has 2 aromatic rings. The van der Waals surface area contributed by atoms with Gasteiger partial charge >= 0.3 is 0 Å². The third-order valence-electron chi connectivity index (χ3n) is 3.89. The molecule has 1 aliphatic heterocycles. The van der Waals surface area contributed by atoms with E-state index in [1.54, 1.807) is 0 Å². The van der Waals surface area contributed by atoms with Gasteiger partial charge in [-0.25, -0.2) is 0 Å². The van der Waals surface area contributed by atoms with E-state index in [0.29, 0.717) is 6.54 Å². The van der Waals surface area contributed by atoms with Crippen LogP contribution < -0.4 is 5.73 Å². The fourth-order valence-corrected chi connectivity index (χ4v) is 2.84. The summed E-state index contributed by atoms with van der Waals surface area (Å²) in [5.41, 5.74) is 7.21. The van der Waals surface area contributed by atoms with Crippen LogP contribution in [-0.2, 0) is 13.0 Å². The Bertz CT molecular complexity index is 532. The second-order valence-electron chi connectivity index (χ2n) is 5.14. The number of rotatable bonds is 3. The Morgan fingerprint density at radius 1 is 1.11 bits per heavy atom. The first-order valence-corrected chi connectivity index (χ1v) is 7.07. The molecule has 0 spiro atoms. The van der Waals surface area contributed by atoms with Gasteiger partial charge in [-0.1, -0.05) is 36.8 Å². The minimum atomic E-state index is 0.153. The van der Waals surface area contributed by atoms with Crippen LogP contribution in [0.1, 0.15) is 42.4 Å². The fraction of sp³-hybridized carbons (Fsp3) is 0.467. The Hall–Kier alpha value is -1.68. The number of nitrogens with zero attached hydrogens (tertiary/aromatic N) is 3. The zero-order chi connectivity index (χ0) is 13.1. The molecule has 100 valence electrons. The van der Waals surface area contributed by atoms with Gasteiger partial charge in [-0.3, -0.25) is 0 Å². The highest BCUT2D eigenvalue weighted by Crippen LogP contribution is 2.25. The van der Waals surface area contributed by atoms with Crippen molar-refractivity contribution < 1.29 is 0 Å². The second-order valence-corrected chi connectivity index (χ2v) is 5.14. The normalized spacial score (nSPS) is 16.7. The quantitative estimate of drug-likeness (QED) is 0.915. The van der Waals surface area contributed by atoms with Gasteiger partial charge in [-0.15, -0.1) is 10.2 Å². The van der Waals surface area contributed by atoms with Gasteiger partial charge in [0.1, 0.15) is 11.6 Å². The number of benzene rings is 1. The summed E-state index contributed by atoms with van der Waals surface area (Å²) in [6.07, 6.45) is 4.75. The van der Waals surface area contributed by atoms with Crippen molar-refractivity contribution in [3.8, 4) is 0 Å². The molecule has 4 nitrogen and oxygen atoms in total. The molecule has 0 saturated carbocycles. The van der Waals surface area contributed by atoms with Crippen molar-refractivity contribution in [1.29, 1.82) is 0 Å². The number of hydrogen-bond acceptors (Lipinski definition) is 3. The largest absolute Gasteiger partial charge is 0.329 e. The Kier molecular flexibility index (Phi) is 3.60. The molecule has 1 aromatic heterocycles. The minimum absolute atomic E-state index is 0.153. The van der Waals surface area contributed by atoms with E-state index >= 15 is 0 Å². The second kappa shape index (κ2) is 5.53. The van der Waals surface area contributed by atoms with E-state index in [-0.39, 0.29) is 5.92 Å². The van der Waals surface area contributed by atoms with Crippen molar-refractivity contribution in [1.82, 2.24) is 14.8 Å².